The maximum absolute atomic E-state index is 13.3. The van der Waals surface area contributed by atoms with Gasteiger partial charge in [0, 0.05) is 31.6 Å². The highest BCUT2D eigenvalue weighted by Gasteiger charge is 2.28. The fraction of sp³-hybridized carbons (Fsp3) is 0.440. The van der Waals surface area contributed by atoms with Gasteiger partial charge in [-0.2, -0.15) is 0 Å². The number of amides is 2. The van der Waals surface area contributed by atoms with Crippen LogP contribution < -0.4 is 9.62 Å². The van der Waals surface area contributed by atoms with Crippen LogP contribution in [0.5, 0.6) is 0 Å². The van der Waals surface area contributed by atoms with Gasteiger partial charge in [0.1, 0.15) is 6.04 Å². The van der Waals surface area contributed by atoms with Crippen LogP contribution in [0.3, 0.4) is 0 Å². The predicted molar refractivity (Wildman–Crippen MR) is 137 cm³/mol. The number of benzene rings is 2. The summed E-state index contributed by atoms with van der Waals surface area (Å²) in [4.78, 5) is 27.4. The molecule has 1 atom stereocenters. The Morgan fingerprint density at radius 3 is 2.35 bits per heavy atom. The highest BCUT2D eigenvalue weighted by Crippen LogP contribution is 2.28. The molecule has 2 aromatic rings. The molecule has 0 saturated carbocycles. The average molecular weight is 508 g/mol. The molecule has 0 fully saturated rings. The Labute approximate surface area is 208 Å². The first-order valence-electron chi connectivity index (χ1n) is 11.3. The van der Waals surface area contributed by atoms with Gasteiger partial charge in [-0.25, -0.2) is 8.42 Å². The fourth-order valence-corrected chi connectivity index (χ4v) is 5.09. The van der Waals surface area contributed by atoms with E-state index >= 15 is 0 Å². The molecule has 2 rings (SSSR count). The largest absolute Gasteiger partial charge is 0.357 e. The van der Waals surface area contributed by atoms with Gasteiger partial charge in [0.25, 0.3) is 0 Å². The highest BCUT2D eigenvalue weighted by molar-refractivity contribution is 7.92. The van der Waals surface area contributed by atoms with Crippen LogP contribution in [0.4, 0.5) is 5.69 Å². The molecule has 0 radical (unpaired) electrons. The third kappa shape index (κ3) is 6.96. The molecule has 0 spiro atoms. The third-order valence-corrected chi connectivity index (χ3v) is 7.48. The average Bonchev–Trinajstić information content (AvgIpc) is 2.78. The Hall–Kier alpha value is -2.58. The number of sulfonamides is 1. The predicted octanol–water partition coefficient (Wildman–Crippen LogP) is 4.06. The zero-order chi connectivity index (χ0) is 25.5. The minimum absolute atomic E-state index is 0.102. The second kappa shape index (κ2) is 12.2. The van der Waals surface area contributed by atoms with E-state index in [1.54, 1.807) is 37.1 Å². The number of hydrogen-bond donors (Lipinski definition) is 1. The van der Waals surface area contributed by atoms with E-state index < -0.39 is 16.1 Å². The molecule has 0 aliphatic rings. The first-order chi connectivity index (χ1) is 16.0. The standard InChI is InChI=1S/C25H34ClN3O4S/c1-6-22(25(31)27-4)28(17-20-12-8-7-11-18(20)2)24(30)15-10-16-29(34(5,32)33)23-14-9-13-21(26)19(23)3/h7-9,11-14,22H,6,10,15-17H2,1-5H3,(H,27,31)/t22-/m0/s1. The van der Waals surface area contributed by atoms with Crippen LogP contribution in [0.15, 0.2) is 42.5 Å². The Morgan fingerprint density at radius 1 is 1.09 bits per heavy atom. The first-order valence-corrected chi connectivity index (χ1v) is 13.5. The van der Waals surface area contributed by atoms with E-state index in [-0.39, 0.29) is 24.8 Å². The summed E-state index contributed by atoms with van der Waals surface area (Å²) in [6.07, 6.45) is 2.00. The quantitative estimate of drug-likeness (QED) is 0.497. The fourth-order valence-electron chi connectivity index (χ4n) is 3.91. The smallest absolute Gasteiger partial charge is 0.242 e. The van der Waals surface area contributed by atoms with Gasteiger partial charge in [-0.15, -0.1) is 0 Å². The summed E-state index contributed by atoms with van der Waals surface area (Å²) in [7, 11) is -2.03. The van der Waals surface area contributed by atoms with Crippen molar-refractivity contribution in [3.05, 3.63) is 64.2 Å². The molecule has 0 unspecified atom stereocenters. The van der Waals surface area contributed by atoms with E-state index in [0.29, 0.717) is 35.7 Å². The number of halogens is 1. The third-order valence-electron chi connectivity index (χ3n) is 5.89. The summed E-state index contributed by atoms with van der Waals surface area (Å²) >= 11 is 6.20. The van der Waals surface area contributed by atoms with Crippen molar-refractivity contribution in [1.29, 1.82) is 0 Å². The van der Waals surface area contributed by atoms with E-state index in [1.807, 2.05) is 38.1 Å². The van der Waals surface area contributed by atoms with Crippen LogP contribution >= 0.6 is 11.6 Å². The lowest BCUT2D eigenvalue weighted by atomic mass is 10.1. The lowest BCUT2D eigenvalue weighted by Crippen LogP contribution is -2.48. The van der Waals surface area contributed by atoms with Crippen molar-refractivity contribution in [2.24, 2.45) is 0 Å². The molecule has 34 heavy (non-hydrogen) atoms. The van der Waals surface area contributed by atoms with Crippen LogP contribution in [0.25, 0.3) is 0 Å². The van der Waals surface area contributed by atoms with E-state index in [1.165, 1.54) is 4.31 Å². The molecular formula is C25H34ClN3O4S. The number of nitrogens with zero attached hydrogens (tertiary/aromatic N) is 2. The van der Waals surface area contributed by atoms with Crippen LogP contribution in [0.2, 0.25) is 5.02 Å². The topological polar surface area (TPSA) is 86.8 Å². The zero-order valence-corrected chi connectivity index (χ0v) is 22.0. The van der Waals surface area contributed by atoms with E-state index in [2.05, 4.69) is 5.32 Å². The van der Waals surface area contributed by atoms with Gasteiger partial charge < -0.3 is 10.2 Å². The molecule has 0 aliphatic carbocycles. The summed E-state index contributed by atoms with van der Waals surface area (Å²) in [6.45, 7) is 6.03. The van der Waals surface area contributed by atoms with Crippen LogP contribution in [-0.2, 0) is 26.2 Å². The number of hydrogen-bond acceptors (Lipinski definition) is 4. The van der Waals surface area contributed by atoms with E-state index in [0.717, 1.165) is 17.4 Å². The van der Waals surface area contributed by atoms with Gasteiger partial charge in [0.15, 0.2) is 0 Å². The summed E-state index contributed by atoms with van der Waals surface area (Å²) in [5, 5.41) is 3.12. The van der Waals surface area contributed by atoms with Crippen molar-refractivity contribution in [2.45, 2.75) is 52.6 Å². The molecule has 0 saturated heterocycles. The van der Waals surface area contributed by atoms with Gasteiger partial charge in [-0.3, -0.25) is 13.9 Å². The first kappa shape index (κ1) is 27.7. The Balaban J connectivity index is 2.24. The molecule has 2 amide bonds. The van der Waals surface area contributed by atoms with Gasteiger partial charge in [-0.1, -0.05) is 48.9 Å². The van der Waals surface area contributed by atoms with E-state index in [9.17, 15) is 18.0 Å². The second-order valence-electron chi connectivity index (χ2n) is 8.31. The Morgan fingerprint density at radius 2 is 1.76 bits per heavy atom. The SMILES string of the molecule is CC[C@@H](C(=O)NC)N(Cc1ccccc1C)C(=O)CCCN(c1cccc(Cl)c1C)S(C)(=O)=O. The summed E-state index contributed by atoms with van der Waals surface area (Å²) in [5.74, 6) is -0.424. The molecule has 0 bridgehead atoms. The van der Waals surface area contributed by atoms with Crippen molar-refractivity contribution >= 4 is 39.1 Å². The molecule has 0 heterocycles. The summed E-state index contributed by atoms with van der Waals surface area (Å²) in [5.41, 5.74) is 3.15. The molecular weight excluding hydrogens is 474 g/mol. The maximum atomic E-state index is 13.3. The molecule has 1 N–H and O–H groups in total. The monoisotopic (exact) mass is 507 g/mol. The number of carbonyl (C=O) groups excluding carboxylic acids is 2. The molecule has 9 heteroatoms. The number of aryl methyl sites for hydroxylation is 1. The van der Waals surface area contributed by atoms with Crippen molar-refractivity contribution < 1.29 is 18.0 Å². The maximum Gasteiger partial charge on any atom is 0.242 e. The van der Waals surface area contributed by atoms with Crippen LogP contribution in [0, 0.1) is 13.8 Å². The highest BCUT2D eigenvalue weighted by atomic mass is 35.5. The number of likely N-dealkylation sites (N-methyl/N-ethyl adjacent to an activating group) is 1. The van der Waals surface area contributed by atoms with Crippen LogP contribution in [0.1, 0.15) is 42.9 Å². The zero-order valence-electron chi connectivity index (χ0n) is 20.5. The molecule has 186 valence electrons. The number of rotatable bonds is 11. The van der Waals surface area contributed by atoms with Crippen molar-refractivity contribution in [3.63, 3.8) is 0 Å². The van der Waals surface area contributed by atoms with Crippen LogP contribution in [-0.4, -0.2) is 51.0 Å². The molecule has 0 aromatic heterocycles. The summed E-state index contributed by atoms with van der Waals surface area (Å²) < 4.78 is 26.3. The molecule has 7 nitrogen and oxygen atoms in total. The Kier molecular flexibility index (Phi) is 9.94. The van der Waals surface area contributed by atoms with Crippen molar-refractivity contribution in [1.82, 2.24) is 10.2 Å². The lowest BCUT2D eigenvalue weighted by Gasteiger charge is -2.31. The van der Waals surface area contributed by atoms with E-state index in [4.69, 9.17) is 11.6 Å². The van der Waals surface area contributed by atoms with Gasteiger partial charge in [0.05, 0.1) is 11.9 Å². The number of carbonyl (C=O) groups is 2. The Bertz CT molecular complexity index is 1120. The van der Waals surface area contributed by atoms with Crippen molar-refractivity contribution in [3.8, 4) is 0 Å². The minimum Gasteiger partial charge on any atom is -0.357 e. The van der Waals surface area contributed by atoms with Crippen molar-refractivity contribution in [2.75, 3.05) is 24.2 Å². The second-order valence-corrected chi connectivity index (χ2v) is 10.6. The minimum atomic E-state index is -3.58. The molecule has 0 aliphatic heterocycles. The van der Waals surface area contributed by atoms with Gasteiger partial charge in [-0.05, 0) is 55.5 Å². The summed E-state index contributed by atoms with van der Waals surface area (Å²) in [6, 6.07) is 12.2. The lowest BCUT2D eigenvalue weighted by molar-refractivity contribution is -0.141. The number of nitrogens with one attached hydrogen (secondary N) is 1. The normalized spacial score (nSPS) is 12.2. The number of anilines is 1. The van der Waals surface area contributed by atoms with Gasteiger partial charge in [0.2, 0.25) is 21.8 Å². The molecule has 2 aromatic carbocycles. The van der Waals surface area contributed by atoms with Gasteiger partial charge >= 0.3 is 0 Å².